The summed E-state index contributed by atoms with van der Waals surface area (Å²) in [6.07, 6.45) is -0.717. The van der Waals surface area contributed by atoms with Crippen molar-refractivity contribution in [2.75, 3.05) is 24.7 Å². The van der Waals surface area contributed by atoms with Crippen molar-refractivity contribution in [1.29, 1.82) is 0 Å². The van der Waals surface area contributed by atoms with E-state index in [1.54, 1.807) is 4.90 Å². The highest BCUT2D eigenvalue weighted by Gasteiger charge is 2.29. The number of aliphatic hydroxyl groups is 1. The molecular weight excluding hydrogens is 218 g/mol. The molecule has 0 aromatic heterocycles. The lowest BCUT2D eigenvalue weighted by Crippen LogP contribution is -2.49. The van der Waals surface area contributed by atoms with Gasteiger partial charge >= 0.3 is 0 Å². The van der Waals surface area contributed by atoms with Crippen LogP contribution in [0.4, 0.5) is 5.69 Å². The molecule has 0 bridgehead atoms. The molecule has 1 heterocycles. The van der Waals surface area contributed by atoms with E-state index in [-0.39, 0.29) is 12.5 Å². The molecule has 17 heavy (non-hydrogen) atoms. The van der Waals surface area contributed by atoms with Gasteiger partial charge in [-0.1, -0.05) is 6.07 Å². The highest BCUT2D eigenvalue weighted by molar-refractivity contribution is 5.97. The summed E-state index contributed by atoms with van der Waals surface area (Å²) >= 11 is 0. The molecule has 1 amide bonds. The standard InChI is InChI=1S/C13H17NO3/c1-9-3-4-11(7-10(9)2)14-5-6-17-12(8-15)13(14)16/h3-4,7,12,15H,5-6,8H2,1-2H3. The van der Waals surface area contributed by atoms with Crippen LogP contribution < -0.4 is 4.90 Å². The predicted molar refractivity (Wildman–Crippen MR) is 65.1 cm³/mol. The number of rotatable bonds is 2. The zero-order chi connectivity index (χ0) is 12.4. The lowest BCUT2D eigenvalue weighted by Gasteiger charge is -2.31. The summed E-state index contributed by atoms with van der Waals surface area (Å²) in [4.78, 5) is 13.7. The van der Waals surface area contributed by atoms with Crippen LogP contribution in [-0.2, 0) is 9.53 Å². The highest BCUT2D eigenvalue weighted by Crippen LogP contribution is 2.21. The van der Waals surface area contributed by atoms with Gasteiger partial charge in [-0.25, -0.2) is 0 Å². The third-order valence-electron chi connectivity index (χ3n) is 3.14. The molecule has 1 aliphatic heterocycles. The molecule has 1 unspecified atom stereocenters. The SMILES string of the molecule is Cc1ccc(N2CCOC(CO)C2=O)cc1C. The molecule has 4 nitrogen and oxygen atoms in total. The topological polar surface area (TPSA) is 49.8 Å². The Balaban J connectivity index is 2.26. The molecule has 0 aliphatic carbocycles. The Bertz CT molecular complexity index is 431. The van der Waals surface area contributed by atoms with Crippen LogP contribution in [0.5, 0.6) is 0 Å². The van der Waals surface area contributed by atoms with Crippen molar-refractivity contribution in [3.8, 4) is 0 Å². The van der Waals surface area contributed by atoms with Crippen LogP contribution in [0.3, 0.4) is 0 Å². The van der Waals surface area contributed by atoms with Crippen molar-refractivity contribution >= 4 is 11.6 Å². The quantitative estimate of drug-likeness (QED) is 0.833. The molecule has 0 saturated carbocycles. The summed E-state index contributed by atoms with van der Waals surface area (Å²) < 4.78 is 5.20. The molecule has 1 aromatic rings. The molecule has 1 aliphatic rings. The number of aryl methyl sites for hydroxylation is 2. The Morgan fingerprint density at radius 2 is 2.18 bits per heavy atom. The van der Waals surface area contributed by atoms with Crippen LogP contribution in [0.25, 0.3) is 0 Å². The number of carbonyl (C=O) groups is 1. The van der Waals surface area contributed by atoms with Gasteiger partial charge in [-0.2, -0.15) is 0 Å². The maximum Gasteiger partial charge on any atom is 0.258 e. The maximum atomic E-state index is 12.0. The number of hydrogen-bond acceptors (Lipinski definition) is 3. The first kappa shape index (κ1) is 12.1. The molecule has 1 fully saturated rings. The van der Waals surface area contributed by atoms with Gasteiger partial charge < -0.3 is 14.7 Å². The number of amides is 1. The summed E-state index contributed by atoms with van der Waals surface area (Å²) in [6, 6.07) is 5.92. The second kappa shape index (κ2) is 4.85. The van der Waals surface area contributed by atoms with Crippen molar-refractivity contribution < 1.29 is 14.6 Å². The molecule has 92 valence electrons. The molecule has 1 N–H and O–H groups in total. The minimum absolute atomic E-state index is 0.165. The molecule has 2 rings (SSSR count). The van der Waals surface area contributed by atoms with E-state index in [0.29, 0.717) is 13.2 Å². The largest absolute Gasteiger partial charge is 0.393 e. The second-order valence-electron chi connectivity index (χ2n) is 4.30. The number of aliphatic hydroxyl groups excluding tert-OH is 1. The van der Waals surface area contributed by atoms with Crippen molar-refractivity contribution in [3.05, 3.63) is 29.3 Å². The van der Waals surface area contributed by atoms with Gasteiger partial charge in [0.25, 0.3) is 5.91 Å². The number of anilines is 1. The van der Waals surface area contributed by atoms with Gasteiger partial charge in [0.15, 0.2) is 6.10 Å². The number of hydrogen-bond donors (Lipinski definition) is 1. The number of ether oxygens (including phenoxy) is 1. The van der Waals surface area contributed by atoms with E-state index in [1.807, 2.05) is 32.0 Å². The third kappa shape index (κ3) is 2.33. The molecule has 1 atom stereocenters. The van der Waals surface area contributed by atoms with Crippen LogP contribution in [0, 0.1) is 13.8 Å². The third-order valence-corrected chi connectivity index (χ3v) is 3.14. The minimum Gasteiger partial charge on any atom is -0.393 e. The van der Waals surface area contributed by atoms with Crippen LogP contribution in [0.1, 0.15) is 11.1 Å². The van der Waals surface area contributed by atoms with E-state index >= 15 is 0 Å². The predicted octanol–water partition coefficient (Wildman–Crippen LogP) is 1.03. The summed E-state index contributed by atoms with van der Waals surface area (Å²) in [5.41, 5.74) is 3.23. The van der Waals surface area contributed by atoms with Crippen LogP contribution >= 0.6 is 0 Å². The number of benzene rings is 1. The average molecular weight is 235 g/mol. The van der Waals surface area contributed by atoms with Gasteiger partial charge in [0, 0.05) is 12.2 Å². The van der Waals surface area contributed by atoms with E-state index in [0.717, 1.165) is 11.3 Å². The van der Waals surface area contributed by atoms with Crippen molar-refractivity contribution in [2.24, 2.45) is 0 Å². The summed E-state index contributed by atoms with van der Waals surface area (Å²) in [7, 11) is 0. The van der Waals surface area contributed by atoms with Crippen LogP contribution in [0.2, 0.25) is 0 Å². The molecule has 1 aromatic carbocycles. The Morgan fingerprint density at radius 1 is 1.41 bits per heavy atom. The van der Waals surface area contributed by atoms with Gasteiger partial charge in [-0.15, -0.1) is 0 Å². The number of nitrogens with zero attached hydrogens (tertiary/aromatic N) is 1. The van der Waals surface area contributed by atoms with Crippen molar-refractivity contribution in [3.63, 3.8) is 0 Å². The molecular formula is C13H17NO3. The normalized spacial score (nSPS) is 20.8. The van der Waals surface area contributed by atoms with Crippen LogP contribution in [-0.4, -0.2) is 36.9 Å². The fourth-order valence-corrected chi connectivity index (χ4v) is 1.92. The first-order valence-electron chi connectivity index (χ1n) is 5.74. The van der Waals surface area contributed by atoms with Gasteiger partial charge in [0.1, 0.15) is 0 Å². The maximum absolute atomic E-state index is 12.0. The number of morpholine rings is 1. The van der Waals surface area contributed by atoms with Gasteiger partial charge in [0.05, 0.1) is 13.2 Å². The lowest BCUT2D eigenvalue weighted by atomic mass is 10.1. The van der Waals surface area contributed by atoms with Crippen LogP contribution in [0.15, 0.2) is 18.2 Å². The second-order valence-corrected chi connectivity index (χ2v) is 4.30. The summed E-state index contributed by atoms with van der Waals surface area (Å²) in [5.74, 6) is -0.165. The molecule has 0 spiro atoms. The lowest BCUT2D eigenvalue weighted by molar-refractivity contribution is -0.136. The van der Waals surface area contributed by atoms with Gasteiger partial charge in [-0.05, 0) is 37.1 Å². The van der Waals surface area contributed by atoms with Crippen molar-refractivity contribution in [1.82, 2.24) is 0 Å². The Kier molecular flexibility index (Phi) is 3.45. The Labute approximate surface area is 101 Å². The van der Waals surface area contributed by atoms with E-state index in [4.69, 9.17) is 9.84 Å². The highest BCUT2D eigenvalue weighted by atomic mass is 16.5. The molecule has 1 saturated heterocycles. The minimum atomic E-state index is -0.717. The van der Waals surface area contributed by atoms with E-state index < -0.39 is 6.10 Å². The fraction of sp³-hybridized carbons (Fsp3) is 0.462. The monoisotopic (exact) mass is 235 g/mol. The van der Waals surface area contributed by atoms with Gasteiger partial charge in [-0.3, -0.25) is 4.79 Å². The molecule has 0 radical (unpaired) electrons. The van der Waals surface area contributed by atoms with E-state index in [9.17, 15) is 4.79 Å². The average Bonchev–Trinajstić information content (AvgIpc) is 2.33. The van der Waals surface area contributed by atoms with Gasteiger partial charge in [0.2, 0.25) is 0 Å². The zero-order valence-electron chi connectivity index (χ0n) is 10.1. The first-order chi connectivity index (χ1) is 8.13. The summed E-state index contributed by atoms with van der Waals surface area (Å²) in [6.45, 7) is 4.80. The number of carbonyl (C=O) groups excluding carboxylic acids is 1. The van der Waals surface area contributed by atoms with E-state index in [2.05, 4.69) is 0 Å². The van der Waals surface area contributed by atoms with E-state index in [1.165, 1.54) is 5.56 Å². The summed E-state index contributed by atoms with van der Waals surface area (Å²) in [5, 5.41) is 9.05. The fourth-order valence-electron chi connectivity index (χ4n) is 1.92. The smallest absolute Gasteiger partial charge is 0.258 e. The van der Waals surface area contributed by atoms with Crippen molar-refractivity contribution in [2.45, 2.75) is 20.0 Å². The zero-order valence-corrected chi connectivity index (χ0v) is 10.1. The Hall–Kier alpha value is -1.39. The first-order valence-corrected chi connectivity index (χ1v) is 5.74. The molecule has 4 heteroatoms. The Morgan fingerprint density at radius 3 is 2.82 bits per heavy atom.